The summed E-state index contributed by atoms with van der Waals surface area (Å²) in [5, 5.41) is 3.93. The number of hydrogen-bond acceptors (Lipinski definition) is 5. The third kappa shape index (κ3) is 3.31. The summed E-state index contributed by atoms with van der Waals surface area (Å²) in [5.41, 5.74) is 3.22. The lowest BCUT2D eigenvalue weighted by Crippen LogP contribution is -2.11. The lowest BCUT2D eigenvalue weighted by molar-refractivity contribution is 0.560. The van der Waals surface area contributed by atoms with Gasteiger partial charge in [-0.25, -0.2) is 10.4 Å². The lowest BCUT2D eigenvalue weighted by Gasteiger charge is -2.01. The highest BCUT2D eigenvalue weighted by atomic mass is 16.3. The van der Waals surface area contributed by atoms with Crippen LogP contribution in [0.5, 0.6) is 0 Å². The molecule has 94 valence electrons. The van der Waals surface area contributed by atoms with Crippen LogP contribution in [0.2, 0.25) is 0 Å². The molecule has 0 fully saturated rings. The molecule has 0 spiro atoms. The van der Waals surface area contributed by atoms with Crippen LogP contribution in [-0.2, 0) is 6.42 Å². The van der Waals surface area contributed by atoms with Gasteiger partial charge >= 0.3 is 0 Å². The van der Waals surface area contributed by atoms with E-state index in [1.54, 1.807) is 18.4 Å². The van der Waals surface area contributed by atoms with Gasteiger partial charge in [0, 0.05) is 11.8 Å². The summed E-state index contributed by atoms with van der Waals surface area (Å²) in [6.07, 6.45) is 4.77. The number of aryl methyl sites for hydroxylation is 1. The van der Waals surface area contributed by atoms with Crippen molar-refractivity contribution in [2.45, 2.75) is 19.8 Å². The Morgan fingerprint density at radius 2 is 2.50 bits per heavy atom. The van der Waals surface area contributed by atoms with Crippen LogP contribution < -0.4 is 11.0 Å². The second-order valence-electron chi connectivity index (χ2n) is 3.72. The second-order valence-corrected chi connectivity index (χ2v) is 3.72. The number of aromatic amines is 1. The van der Waals surface area contributed by atoms with Crippen molar-refractivity contribution in [3.8, 4) is 0 Å². The SMILES string of the molecule is CCCc1cc(=O)[nH]c(NN=Cc2ccco2)n1. The minimum Gasteiger partial charge on any atom is -0.463 e. The first-order valence-corrected chi connectivity index (χ1v) is 5.70. The summed E-state index contributed by atoms with van der Waals surface area (Å²) in [5.74, 6) is 0.948. The van der Waals surface area contributed by atoms with Gasteiger partial charge in [0.15, 0.2) is 0 Å². The summed E-state index contributed by atoms with van der Waals surface area (Å²) < 4.78 is 5.08. The maximum absolute atomic E-state index is 11.4. The molecule has 2 heterocycles. The van der Waals surface area contributed by atoms with E-state index in [1.807, 2.05) is 6.92 Å². The Morgan fingerprint density at radius 3 is 3.22 bits per heavy atom. The van der Waals surface area contributed by atoms with Crippen LogP contribution in [0.25, 0.3) is 0 Å². The Balaban J connectivity index is 2.07. The predicted molar refractivity (Wildman–Crippen MR) is 68.8 cm³/mol. The Bertz CT molecular complexity index is 572. The molecule has 0 saturated heterocycles. The summed E-state index contributed by atoms with van der Waals surface area (Å²) >= 11 is 0. The molecular formula is C12H14N4O2. The molecule has 0 atom stereocenters. The molecule has 0 aliphatic heterocycles. The standard InChI is InChI=1S/C12H14N4O2/c1-2-4-9-7-11(17)15-12(14-9)16-13-8-10-5-3-6-18-10/h3,5-8H,2,4H2,1H3,(H2,14,15,16,17). The second kappa shape index (κ2) is 5.81. The van der Waals surface area contributed by atoms with Crippen molar-refractivity contribution in [2.75, 3.05) is 5.43 Å². The number of anilines is 1. The molecule has 0 aliphatic rings. The van der Waals surface area contributed by atoms with E-state index in [1.165, 1.54) is 12.3 Å². The first-order valence-electron chi connectivity index (χ1n) is 5.70. The van der Waals surface area contributed by atoms with Crippen LogP contribution in [0.4, 0.5) is 5.95 Å². The van der Waals surface area contributed by atoms with E-state index >= 15 is 0 Å². The molecule has 0 radical (unpaired) electrons. The zero-order valence-electron chi connectivity index (χ0n) is 10.0. The number of furan rings is 1. The summed E-state index contributed by atoms with van der Waals surface area (Å²) in [6, 6.07) is 5.03. The smallest absolute Gasteiger partial charge is 0.252 e. The maximum Gasteiger partial charge on any atom is 0.252 e. The van der Waals surface area contributed by atoms with Gasteiger partial charge in [-0.15, -0.1) is 0 Å². The van der Waals surface area contributed by atoms with Crippen molar-refractivity contribution < 1.29 is 4.42 Å². The average Bonchev–Trinajstić information content (AvgIpc) is 2.82. The van der Waals surface area contributed by atoms with E-state index in [9.17, 15) is 4.79 Å². The van der Waals surface area contributed by atoms with E-state index in [0.717, 1.165) is 18.5 Å². The van der Waals surface area contributed by atoms with Gasteiger partial charge in [-0.05, 0) is 18.6 Å². The van der Waals surface area contributed by atoms with E-state index < -0.39 is 0 Å². The summed E-state index contributed by atoms with van der Waals surface area (Å²) in [6.45, 7) is 2.03. The zero-order chi connectivity index (χ0) is 12.8. The van der Waals surface area contributed by atoms with E-state index in [2.05, 4.69) is 20.5 Å². The fourth-order valence-corrected chi connectivity index (χ4v) is 1.47. The fourth-order valence-electron chi connectivity index (χ4n) is 1.47. The number of aromatic nitrogens is 2. The molecule has 0 amide bonds. The molecule has 0 aliphatic carbocycles. The van der Waals surface area contributed by atoms with Gasteiger partial charge in [0.25, 0.3) is 5.56 Å². The van der Waals surface area contributed by atoms with Gasteiger partial charge in [0.05, 0.1) is 12.5 Å². The molecule has 2 aromatic rings. The topological polar surface area (TPSA) is 83.3 Å². The van der Waals surface area contributed by atoms with Crippen LogP contribution in [0.15, 0.2) is 38.8 Å². The molecule has 6 heteroatoms. The first kappa shape index (κ1) is 12.1. The molecule has 6 nitrogen and oxygen atoms in total. The van der Waals surface area contributed by atoms with Crippen molar-refractivity contribution in [2.24, 2.45) is 5.10 Å². The van der Waals surface area contributed by atoms with E-state index in [4.69, 9.17) is 4.42 Å². The molecule has 0 bridgehead atoms. The highest BCUT2D eigenvalue weighted by Gasteiger charge is 1.99. The molecule has 0 aromatic carbocycles. The highest BCUT2D eigenvalue weighted by Crippen LogP contribution is 2.01. The number of nitrogens with one attached hydrogen (secondary N) is 2. The Labute approximate surface area is 104 Å². The fraction of sp³-hybridized carbons (Fsp3) is 0.250. The van der Waals surface area contributed by atoms with E-state index in [-0.39, 0.29) is 5.56 Å². The van der Waals surface area contributed by atoms with Crippen molar-refractivity contribution in [1.82, 2.24) is 9.97 Å². The molecule has 0 unspecified atom stereocenters. The average molecular weight is 246 g/mol. The molecular weight excluding hydrogens is 232 g/mol. The van der Waals surface area contributed by atoms with Crippen molar-refractivity contribution in [3.63, 3.8) is 0 Å². The number of hydrazone groups is 1. The van der Waals surface area contributed by atoms with Crippen molar-refractivity contribution in [3.05, 3.63) is 46.3 Å². The molecule has 0 saturated carbocycles. The van der Waals surface area contributed by atoms with Gasteiger partial charge in [-0.2, -0.15) is 5.10 Å². The quantitative estimate of drug-likeness (QED) is 0.622. The summed E-state index contributed by atoms with van der Waals surface area (Å²) in [7, 11) is 0. The summed E-state index contributed by atoms with van der Waals surface area (Å²) in [4.78, 5) is 18.2. The number of hydrogen-bond donors (Lipinski definition) is 2. The first-order chi connectivity index (χ1) is 8.78. The predicted octanol–water partition coefficient (Wildman–Crippen LogP) is 1.76. The number of rotatable bonds is 5. The third-order valence-electron chi connectivity index (χ3n) is 2.21. The molecule has 2 rings (SSSR count). The van der Waals surface area contributed by atoms with Gasteiger partial charge in [0.2, 0.25) is 5.95 Å². The van der Waals surface area contributed by atoms with Crippen LogP contribution in [0, 0.1) is 0 Å². The molecule has 2 N–H and O–H groups in total. The Kier molecular flexibility index (Phi) is 3.90. The minimum atomic E-state index is -0.191. The van der Waals surface area contributed by atoms with Gasteiger partial charge in [-0.1, -0.05) is 13.3 Å². The van der Waals surface area contributed by atoms with Crippen molar-refractivity contribution in [1.29, 1.82) is 0 Å². The van der Waals surface area contributed by atoms with Crippen LogP contribution in [-0.4, -0.2) is 16.2 Å². The Hall–Kier alpha value is -2.37. The monoisotopic (exact) mass is 246 g/mol. The van der Waals surface area contributed by atoms with Crippen LogP contribution in [0.1, 0.15) is 24.8 Å². The number of nitrogens with zero attached hydrogens (tertiary/aromatic N) is 2. The van der Waals surface area contributed by atoms with Gasteiger partial charge in [-0.3, -0.25) is 9.78 Å². The molecule has 2 aromatic heterocycles. The minimum absolute atomic E-state index is 0.191. The lowest BCUT2D eigenvalue weighted by atomic mass is 10.2. The zero-order valence-corrected chi connectivity index (χ0v) is 10.0. The third-order valence-corrected chi connectivity index (χ3v) is 2.21. The Morgan fingerprint density at radius 1 is 1.61 bits per heavy atom. The largest absolute Gasteiger partial charge is 0.463 e. The van der Waals surface area contributed by atoms with Gasteiger partial charge in [0.1, 0.15) is 5.76 Å². The van der Waals surface area contributed by atoms with Gasteiger partial charge < -0.3 is 4.42 Å². The highest BCUT2D eigenvalue weighted by molar-refractivity contribution is 5.76. The normalized spacial score (nSPS) is 10.9. The van der Waals surface area contributed by atoms with Crippen LogP contribution in [0.3, 0.4) is 0 Å². The maximum atomic E-state index is 11.4. The number of H-pyrrole nitrogens is 1. The molecule has 18 heavy (non-hydrogen) atoms. The van der Waals surface area contributed by atoms with Crippen LogP contribution >= 0.6 is 0 Å². The van der Waals surface area contributed by atoms with E-state index in [0.29, 0.717) is 11.7 Å². The van der Waals surface area contributed by atoms with Crippen molar-refractivity contribution >= 4 is 12.2 Å².